The Hall–Kier alpha value is -1.85. The summed E-state index contributed by atoms with van der Waals surface area (Å²) in [4.78, 5) is 14.7. The van der Waals surface area contributed by atoms with Crippen LogP contribution in [-0.4, -0.2) is 53.4 Å². The molecular weight excluding hydrogens is 316 g/mol. The molecule has 5 nitrogen and oxygen atoms in total. The fraction of sp³-hybridized carbons (Fsp3) is 0.550. The monoisotopic (exact) mass is 342 g/mol. The number of aliphatic hydroxyl groups excluding tert-OH is 1. The van der Waals surface area contributed by atoms with Crippen LogP contribution in [0.4, 0.5) is 0 Å². The average Bonchev–Trinajstić information content (AvgIpc) is 2.99. The second-order valence-corrected chi connectivity index (χ2v) is 7.32. The van der Waals surface area contributed by atoms with Gasteiger partial charge in [-0.15, -0.1) is 0 Å². The summed E-state index contributed by atoms with van der Waals surface area (Å²) in [7, 11) is 2.12. The highest BCUT2D eigenvalue weighted by molar-refractivity contribution is 5.89. The molecular formula is C20H26N2O3. The molecule has 1 fully saturated rings. The zero-order chi connectivity index (χ0) is 17.6. The Morgan fingerprint density at radius 1 is 1.40 bits per heavy atom. The fourth-order valence-electron chi connectivity index (χ4n) is 4.82. The summed E-state index contributed by atoms with van der Waals surface area (Å²) in [5, 5.41) is 10.3. The highest BCUT2D eigenvalue weighted by Crippen LogP contribution is 2.45. The minimum Gasteiger partial charge on any atom is -0.463 e. The Labute approximate surface area is 148 Å². The van der Waals surface area contributed by atoms with Gasteiger partial charge in [0.05, 0.1) is 12.5 Å². The molecule has 0 saturated carbocycles. The van der Waals surface area contributed by atoms with Crippen LogP contribution in [0, 0.1) is 5.92 Å². The zero-order valence-corrected chi connectivity index (χ0v) is 14.9. The molecule has 3 unspecified atom stereocenters. The van der Waals surface area contributed by atoms with Crippen LogP contribution >= 0.6 is 0 Å². The second kappa shape index (κ2) is 6.46. The molecule has 2 aromatic rings. The minimum atomic E-state index is -0.177. The third-order valence-electron chi connectivity index (χ3n) is 5.93. The van der Waals surface area contributed by atoms with Crippen molar-refractivity contribution in [3.63, 3.8) is 0 Å². The van der Waals surface area contributed by atoms with Gasteiger partial charge in [-0.25, -0.2) is 0 Å². The fourth-order valence-corrected chi connectivity index (χ4v) is 4.82. The van der Waals surface area contributed by atoms with Crippen LogP contribution in [0.15, 0.2) is 24.4 Å². The molecule has 1 aliphatic carbocycles. The summed E-state index contributed by atoms with van der Waals surface area (Å²) in [6.07, 6.45) is 4.18. The maximum atomic E-state index is 12.4. The molecule has 1 aromatic heterocycles. The topological polar surface area (TPSA) is 54.7 Å². The molecule has 1 aromatic carbocycles. The Morgan fingerprint density at radius 3 is 3.00 bits per heavy atom. The maximum absolute atomic E-state index is 12.4. The number of rotatable bonds is 4. The Morgan fingerprint density at radius 2 is 2.24 bits per heavy atom. The zero-order valence-electron chi connectivity index (χ0n) is 14.9. The molecule has 1 aliphatic heterocycles. The average molecular weight is 342 g/mol. The van der Waals surface area contributed by atoms with Crippen molar-refractivity contribution >= 4 is 16.9 Å². The first-order valence-electron chi connectivity index (χ1n) is 9.22. The summed E-state index contributed by atoms with van der Waals surface area (Å²) >= 11 is 0. The van der Waals surface area contributed by atoms with E-state index < -0.39 is 0 Å². The lowest BCUT2D eigenvalue weighted by atomic mass is 9.72. The molecule has 0 spiro atoms. The molecule has 134 valence electrons. The molecule has 0 amide bonds. The summed E-state index contributed by atoms with van der Waals surface area (Å²) in [5.41, 5.74) is 4.12. The van der Waals surface area contributed by atoms with Gasteiger partial charge >= 0.3 is 5.97 Å². The summed E-state index contributed by atoms with van der Waals surface area (Å²) in [6.45, 7) is 3.85. The van der Waals surface area contributed by atoms with Gasteiger partial charge in [0.1, 0.15) is 6.61 Å². The van der Waals surface area contributed by atoms with Crippen molar-refractivity contribution in [2.45, 2.75) is 38.3 Å². The quantitative estimate of drug-likeness (QED) is 0.865. The molecule has 2 aliphatic rings. The standard InChI is InChI=1S/C20H26N2O3/c1-3-22-12-13-10-18-16(15-5-4-6-17(22)19(13)15)9-14(11-21(18)2)20(24)25-8-7-23/h4-6,12,14,16,18,23H,3,7-11H2,1-2H3. The van der Waals surface area contributed by atoms with E-state index in [0.29, 0.717) is 12.0 Å². The first-order chi connectivity index (χ1) is 12.1. The van der Waals surface area contributed by atoms with Crippen molar-refractivity contribution in [3.8, 4) is 0 Å². The van der Waals surface area contributed by atoms with Crippen molar-refractivity contribution < 1.29 is 14.6 Å². The largest absolute Gasteiger partial charge is 0.463 e. The Kier molecular flexibility index (Phi) is 4.29. The van der Waals surface area contributed by atoms with Crippen LogP contribution in [0.3, 0.4) is 0 Å². The van der Waals surface area contributed by atoms with E-state index >= 15 is 0 Å². The number of nitrogens with zero attached hydrogens (tertiary/aromatic N) is 2. The molecule has 2 heterocycles. The van der Waals surface area contributed by atoms with E-state index in [4.69, 9.17) is 9.84 Å². The van der Waals surface area contributed by atoms with E-state index in [-0.39, 0.29) is 25.1 Å². The highest BCUT2D eigenvalue weighted by Gasteiger charge is 2.42. The first kappa shape index (κ1) is 16.6. The van der Waals surface area contributed by atoms with Crippen LogP contribution in [0.1, 0.15) is 30.4 Å². The molecule has 1 N–H and O–H groups in total. The minimum absolute atomic E-state index is 0.0895. The number of hydrogen-bond acceptors (Lipinski definition) is 4. The van der Waals surface area contributed by atoms with Crippen LogP contribution in [0.25, 0.3) is 10.9 Å². The van der Waals surface area contributed by atoms with Crippen molar-refractivity contribution in [2.24, 2.45) is 5.92 Å². The van der Waals surface area contributed by atoms with Crippen molar-refractivity contribution in [1.29, 1.82) is 0 Å². The van der Waals surface area contributed by atoms with Crippen LogP contribution in [0.2, 0.25) is 0 Å². The SMILES string of the molecule is CCn1cc2c3c(cccc31)C1CC(C(=O)OCCO)CN(C)C1C2. The van der Waals surface area contributed by atoms with Gasteiger partial charge in [0.15, 0.2) is 0 Å². The maximum Gasteiger partial charge on any atom is 0.310 e. The van der Waals surface area contributed by atoms with Crippen LogP contribution in [-0.2, 0) is 22.5 Å². The normalized spacial score (nSPS) is 25.8. The van der Waals surface area contributed by atoms with Crippen molar-refractivity contribution in [1.82, 2.24) is 9.47 Å². The second-order valence-electron chi connectivity index (χ2n) is 7.32. The predicted octanol–water partition coefficient (Wildman–Crippen LogP) is 2.16. The Bertz CT molecular complexity index is 798. The van der Waals surface area contributed by atoms with Gasteiger partial charge in [-0.3, -0.25) is 4.79 Å². The summed E-state index contributed by atoms with van der Waals surface area (Å²) in [6, 6.07) is 7.01. The molecule has 5 heteroatoms. The van der Waals surface area contributed by atoms with E-state index in [9.17, 15) is 4.79 Å². The molecule has 0 bridgehead atoms. The van der Waals surface area contributed by atoms with Crippen LogP contribution < -0.4 is 0 Å². The molecule has 1 saturated heterocycles. The van der Waals surface area contributed by atoms with E-state index in [1.54, 1.807) is 0 Å². The number of aromatic nitrogens is 1. The summed E-state index contributed by atoms with van der Waals surface area (Å²) < 4.78 is 7.53. The van der Waals surface area contributed by atoms with Gasteiger partial charge in [0.2, 0.25) is 0 Å². The number of piperidine rings is 1. The number of fused-ring (bicyclic) bond motifs is 2. The number of esters is 1. The lowest BCUT2D eigenvalue weighted by Crippen LogP contribution is -2.49. The van der Waals surface area contributed by atoms with Crippen molar-refractivity contribution in [3.05, 3.63) is 35.5 Å². The number of hydrogen-bond donors (Lipinski definition) is 1. The lowest BCUT2D eigenvalue weighted by molar-refractivity contribution is -0.152. The van der Waals surface area contributed by atoms with Gasteiger partial charge in [0.25, 0.3) is 0 Å². The number of likely N-dealkylation sites (N-methyl/N-ethyl adjacent to an activating group) is 1. The molecule has 4 rings (SSSR count). The van der Waals surface area contributed by atoms with Gasteiger partial charge in [-0.1, -0.05) is 12.1 Å². The van der Waals surface area contributed by atoms with E-state index in [1.807, 2.05) is 0 Å². The molecule has 3 atom stereocenters. The number of aryl methyl sites for hydroxylation is 1. The number of ether oxygens (including phenoxy) is 1. The van der Waals surface area contributed by atoms with Crippen LogP contribution in [0.5, 0.6) is 0 Å². The number of benzene rings is 1. The highest BCUT2D eigenvalue weighted by atomic mass is 16.5. The lowest BCUT2D eigenvalue weighted by Gasteiger charge is -2.44. The van der Waals surface area contributed by atoms with E-state index in [1.165, 1.54) is 22.0 Å². The molecule has 0 radical (unpaired) electrons. The van der Waals surface area contributed by atoms with Gasteiger partial charge in [0, 0.05) is 42.1 Å². The number of carbonyl (C=O) groups excluding carboxylic acids is 1. The Balaban J connectivity index is 1.70. The smallest absolute Gasteiger partial charge is 0.310 e. The molecule has 25 heavy (non-hydrogen) atoms. The van der Waals surface area contributed by atoms with Gasteiger partial charge < -0.3 is 19.3 Å². The van der Waals surface area contributed by atoms with Gasteiger partial charge in [-0.05, 0) is 44.0 Å². The number of aliphatic hydroxyl groups is 1. The third kappa shape index (κ3) is 2.66. The van der Waals surface area contributed by atoms with Gasteiger partial charge in [-0.2, -0.15) is 0 Å². The number of likely N-dealkylation sites (tertiary alicyclic amines) is 1. The van der Waals surface area contributed by atoms with E-state index in [2.05, 4.69) is 47.8 Å². The number of carbonyl (C=O) groups is 1. The third-order valence-corrected chi connectivity index (χ3v) is 5.93. The predicted molar refractivity (Wildman–Crippen MR) is 96.6 cm³/mol. The van der Waals surface area contributed by atoms with E-state index in [0.717, 1.165) is 25.9 Å². The summed E-state index contributed by atoms with van der Waals surface area (Å²) in [5.74, 6) is 0.0562. The van der Waals surface area contributed by atoms with Crippen molar-refractivity contribution in [2.75, 3.05) is 26.8 Å². The first-order valence-corrected chi connectivity index (χ1v) is 9.22.